The van der Waals surface area contributed by atoms with Crippen LogP contribution in [0.5, 0.6) is 0 Å². The molecule has 0 heterocycles. The van der Waals surface area contributed by atoms with Gasteiger partial charge in [0.05, 0.1) is 6.10 Å². The second kappa shape index (κ2) is 4.61. The zero-order valence-corrected chi connectivity index (χ0v) is 8.06. The van der Waals surface area contributed by atoms with E-state index in [-0.39, 0.29) is 10.3 Å². The fourth-order valence-electron chi connectivity index (χ4n) is 0.876. The minimum atomic E-state index is -0.898. The lowest BCUT2D eigenvalue weighted by molar-refractivity contribution is 0.228. The molecule has 0 saturated carbocycles. The van der Waals surface area contributed by atoms with E-state index < -0.39 is 6.10 Å². The highest BCUT2D eigenvalue weighted by Crippen LogP contribution is 2.19. The Bertz CT molecular complexity index is 304. The molecule has 1 unspecified atom stereocenters. The molecule has 0 bridgehead atoms. The Hall–Kier alpha value is -0.570. The van der Waals surface area contributed by atoms with Crippen LogP contribution >= 0.6 is 23.2 Å². The van der Waals surface area contributed by atoms with Crippen molar-refractivity contribution in [3.8, 4) is 0 Å². The van der Waals surface area contributed by atoms with Crippen LogP contribution in [-0.4, -0.2) is 5.11 Å². The lowest BCUT2D eigenvalue weighted by Crippen LogP contribution is -1.92. The molecule has 70 valence electrons. The lowest BCUT2D eigenvalue weighted by Gasteiger charge is -2.04. The van der Waals surface area contributed by atoms with Crippen molar-refractivity contribution in [2.75, 3.05) is 0 Å². The van der Waals surface area contributed by atoms with E-state index in [1.165, 1.54) is 30.3 Å². The summed E-state index contributed by atoms with van der Waals surface area (Å²) in [6, 6.07) is 5.45. The molecule has 0 aliphatic rings. The second-order valence-electron chi connectivity index (χ2n) is 2.45. The first-order valence-electron chi connectivity index (χ1n) is 3.56. The largest absolute Gasteiger partial charge is 0.384 e. The van der Waals surface area contributed by atoms with E-state index in [0.29, 0.717) is 5.56 Å². The molecular weight excluding hydrogens is 214 g/mol. The van der Waals surface area contributed by atoms with Crippen LogP contribution in [0.2, 0.25) is 0 Å². The summed E-state index contributed by atoms with van der Waals surface area (Å²) in [6.45, 7) is 0. The highest BCUT2D eigenvalue weighted by Gasteiger charge is 2.04. The Kier molecular flexibility index (Phi) is 3.72. The Labute approximate surface area is 85.4 Å². The minimum Gasteiger partial charge on any atom is -0.384 e. The predicted octanol–water partition coefficient (Wildman–Crippen LogP) is 3.18. The van der Waals surface area contributed by atoms with E-state index in [1.807, 2.05) is 0 Å². The quantitative estimate of drug-likeness (QED) is 0.812. The fourth-order valence-corrected chi connectivity index (χ4v) is 1.11. The number of aliphatic hydroxyl groups is 1. The van der Waals surface area contributed by atoms with E-state index in [1.54, 1.807) is 0 Å². The van der Waals surface area contributed by atoms with Gasteiger partial charge in [-0.15, -0.1) is 0 Å². The van der Waals surface area contributed by atoms with Crippen molar-refractivity contribution in [1.29, 1.82) is 0 Å². The summed E-state index contributed by atoms with van der Waals surface area (Å²) in [4.78, 5) is 0. The zero-order valence-electron chi connectivity index (χ0n) is 6.55. The summed E-state index contributed by atoms with van der Waals surface area (Å²) >= 11 is 10.7. The molecule has 0 aromatic heterocycles. The van der Waals surface area contributed by atoms with Crippen LogP contribution in [-0.2, 0) is 0 Å². The number of halogens is 3. The maximum atomic E-state index is 12.5. The number of rotatable bonds is 2. The summed E-state index contributed by atoms with van der Waals surface area (Å²) in [6.07, 6.45) is 0.363. The first-order valence-corrected chi connectivity index (χ1v) is 4.31. The van der Waals surface area contributed by atoms with Gasteiger partial charge in [-0.25, -0.2) is 4.39 Å². The summed E-state index contributed by atoms with van der Waals surface area (Å²) in [7, 11) is 0. The summed E-state index contributed by atoms with van der Waals surface area (Å²) in [5.74, 6) is -0.350. The molecule has 1 nitrogen and oxygen atoms in total. The maximum absolute atomic E-state index is 12.5. The molecule has 1 N–H and O–H groups in total. The van der Waals surface area contributed by atoms with E-state index in [4.69, 9.17) is 23.2 Å². The summed E-state index contributed by atoms with van der Waals surface area (Å²) in [5.41, 5.74) is 0.542. The topological polar surface area (TPSA) is 20.2 Å². The van der Waals surface area contributed by atoms with Crippen LogP contribution in [0.15, 0.2) is 34.8 Å². The van der Waals surface area contributed by atoms with Gasteiger partial charge in [-0.05, 0) is 23.8 Å². The van der Waals surface area contributed by atoms with Gasteiger partial charge in [0.15, 0.2) is 0 Å². The van der Waals surface area contributed by atoms with Crippen LogP contribution in [0.3, 0.4) is 0 Å². The van der Waals surface area contributed by atoms with Gasteiger partial charge in [0.1, 0.15) is 10.3 Å². The Balaban J connectivity index is 2.83. The number of benzene rings is 1. The average Bonchev–Trinajstić information content (AvgIpc) is 2.04. The van der Waals surface area contributed by atoms with Crippen molar-refractivity contribution in [3.05, 3.63) is 46.2 Å². The monoisotopic (exact) mass is 220 g/mol. The summed E-state index contributed by atoms with van der Waals surface area (Å²) in [5, 5.41) is 9.41. The fraction of sp³-hybridized carbons (Fsp3) is 0.111. The highest BCUT2D eigenvalue weighted by atomic mass is 35.5. The zero-order chi connectivity index (χ0) is 9.84. The maximum Gasteiger partial charge on any atom is 0.123 e. The normalized spacial score (nSPS) is 12.3. The molecule has 0 fully saturated rings. The van der Waals surface area contributed by atoms with Gasteiger partial charge < -0.3 is 5.11 Å². The predicted molar refractivity (Wildman–Crippen MR) is 51.1 cm³/mol. The van der Waals surface area contributed by atoms with E-state index in [9.17, 15) is 9.50 Å². The Morgan fingerprint density at radius 1 is 1.31 bits per heavy atom. The standard InChI is InChI=1S/C9H7Cl2FO/c10-9(11)5-8(13)6-1-3-7(12)4-2-6/h1-5,8,13H. The van der Waals surface area contributed by atoms with Gasteiger partial charge in [-0.1, -0.05) is 35.3 Å². The van der Waals surface area contributed by atoms with Crippen molar-refractivity contribution in [2.45, 2.75) is 6.10 Å². The molecule has 0 spiro atoms. The first-order chi connectivity index (χ1) is 6.09. The molecule has 1 atom stereocenters. The van der Waals surface area contributed by atoms with Crippen molar-refractivity contribution in [3.63, 3.8) is 0 Å². The molecule has 1 rings (SSSR count). The van der Waals surface area contributed by atoms with E-state index in [0.717, 1.165) is 0 Å². The number of aliphatic hydroxyl groups excluding tert-OH is 1. The smallest absolute Gasteiger partial charge is 0.123 e. The van der Waals surface area contributed by atoms with Gasteiger partial charge in [0, 0.05) is 0 Å². The highest BCUT2D eigenvalue weighted by molar-refractivity contribution is 6.55. The van der Waals surface area contributed by atoms with Crippen LogP contribution in [0, 0.1) is 5.82 Å². The third-order valence-electron chi connectivity index (χ3n) is 1.50. The van der Waals surface area contributed by atoms with Gasteiger partial charge in [0.25, 0.3) is 0 Å². The third kappa shape index (κ3) is 3.35. The number of hydrogen-bond donors (Lipinski definition) is 1. The van der Waals surface area contributed by atoms with Gasteiger partial charge >= 0.3 is 0 Å². The molecule has 1 aromatic rings. The van der Waals surface area contributed by atoms with Crippen molar-refractivity contribution in [1.82, 2.24) is 0 Å². The molecule has 1 aromatic carbocycles. The van der Waals surface area contributed by atoms with Crippen molar-refractivity contribution in [2.24, 2.45) is 0 Å². The van der Waals surface area contributed by atoms with Crippen molar-refractivity contribution >= 4 is 23.2 Å². The van der Waals surface area contributed by atoms with Crippen LogP contribution < -0.4 is 0 Å². The molecule has 0 aliphatic heterocycles. The Morgan fingerprint density at radius 2 is 1.85 bits per heavy atom. The van der Waals surface area contributed by atoms with Crippen molar-refractivity contribution < 1.29 is 9.50 Å². The molecule has 4 heteroatoms. The lowest BCUT2D eigenvalue weighted by atomic mass is 10.1. The second-order valence-corrected chi connectivity index (χ2v) is 3.46. The van der Waals surface area contributed by atoms with Gasteiger partial charge in [0.2, 0.25) is 0 Å². The Morgan fingerprint density at radius 3 is 2.31 bits per heavy atom. The van der Waals surface area contributed by atoms with Gasteiger partial charge in [-0.3, -0.25) is 0 Å². The average molecular weight is 221 g/mol. The van der Waals surface area contributed by atoms with Crippen LogP contribution in [0.4, 0.5) is 4.39 Å². The first kappa shape index (κ1) is 10.5. The molecule has 0 aliphatic carbocycles. The van der Waals surface area contributed by atoms with E-state index in [2.05, 4.69) is 0 Å². The molecule has 0 saturated heterocycles. The SMILES string of the molecule is OC(C=C(Cl)Cl)c1ccc(F)cc1. The van der Waals surface area contributed by atoms with E-state index >= 15 is 0 Å². The molecule has 0 radical (unpaired) electrons. The number of hydrogen-bond acceptors (Lipinski definition) is 1. The molecular formula is C9H7Cl2FO. The van der Waals surface area contributed by atoms with Crippen LogP contribution in [0.25, 0.3) is 0 Å². The summed E-state index contributed by atoms with van der Waals surface area (Å²) < 4.78 is 12.4. The molecule has 13 heavy (non-hydrogen) atoms. The van der Waals surface area contributed by atoms with Crippen LogP contribution in [0.1, 0.15) is 11.7 Å². The minimum absolute atomic E-state index is 0.0168. The van der Waals surface area contributed by atoms with Gasteiger partial charge in [-0.2, -0.15) is 0 Å². The third-order valence-corrected chi connectivity index (χ3v) is 1.75. The molecule has 0 amide bonds.